The molecular formula is C34H35FN2O4. The van der Waals surface area contributed by atoms with Gasteiger partial charge in [0.25, 0.3) is 5.91 Å². The van der Waals surface area contributed by atoms with E-state index in [9.17, 15) is 19.1 Å². The molecule has 0 radical (unpaired) electrons. The second-order valence-corrected chi connectivity index (χ2v) is 12.2. The minimum Gasteiger partial charge on any atom is -0.369 e. The molecule has 0 saturated carbocycles. The zero-order chi connectivity index (χ0) is 30.2. The highest BCUT2D eigenvalue weighted by molar-refractivity contribution is 6.01. The summed E-state index contributed by atoms with van der Waals surface area (Å²) in [5.74, 6) is 4.66. The molecular weight excluding hydrogens is 519 g/mol. The lowest BCUT2D eigenvalue weighted by Gasteiger charge is -2.33. The molecule has 1 aromatic heterocycles. The van der Waals surface area contributed by atoms with Crippen LogP contribution in [-0.2, 0) is 15.6 Å². The lowest BCUT2D eigenvalue weighted by Crippen LogP contribution is -2.46. The predicted molar refractivity (Wildman–Crippen MR) is 159 cm³/mol. The Morgan fingerprint density at radius 1 is 0.976 bits per heavy atom. The van der Waals surface area contributed by atoms with Crippen molar-refractivity contribution in [1.82, 2.24) is 5.16 Å². The third-order valence-corrected chi connectivity index (χ3v) is 7.32. The molecule has 7 heteroatoms. The molecule has 1 atom stereocenters. The maximum Gasteiger partial charge on any atom is 0.366 e. The average Bonchev–Trinajstić information content (AvgIpc) is 2.90. The Hall–Kier alpha value is -4.28. The summed E-state index contributed by atoms with van der Waals surface area (Å²) in [6.45, 7) is 13.6. The molecule has 0 saturated heterocycles. The zero-order valence-electron chi connectivity index (χ0n) is 24.5. The van der Waals surface area contributed by atoms with Crippen LogP contribution in [0.1, 0.15) is 69.0 Å². The quantitative estimate of drug-likeness (QED) is 0.281. The van der Waals surface area contributed by atoms with Gasteiger partial charge in [-0.25, -0.2) is 9.18 Å². The fourth-order valence-corrected chi connectivity index (χ4v) is 5.01. The van der Waals surface area contributed by atoms with Crippen molar-refractivity contribution in [1.29, 1.82) is 0 Å². The van der Waals surface area contributed by atoms with Gasteiger partial charge in [-0.2, -0.15) is 0 Å². The average molecular weight is 555 g/mol. The SMILES string of the molecule is Cc1ccc(F)cc1C(C)(C)CC(O)(C#Cc1ccc(C(C)(C)C)cc1)C(=O)Nc1ccc2c(=O)onc(C)c2c1. The number of carbonyl (C=O) groups is 1. The van der Waals surface area contributed by atoms with Crippen LogP contribution >= 0.6 is 0 Å². The predicted octanol–water partition coefficient (Wildman–Crippen LogP) is 6.33. The third-order valence-electron chi connectivity index (χ3n) is 7.32. The number of aromatic nitrogens is 1. The Balaban J connectivity index is 1.74. The van der Waals surface area contributed by atoms with Crippen molar-refractivity contribution in [3.8, 4) is 11.8 Å². The van der Waals surface area contributed by atoms with E-state index in [1.807, 2.05) is 45.0 Å². The first-order valence-electron chi connectivity index (χ1n) is 13.4. The molecule has 1 amide bonds. The third kappa shape index (κ3) is 6.55. The Morgan fingerprint density at radius 3 is 2.32 bits per heavy atom. The van der Waals surface area contributed by atoms with Gasteiger partial charge in [-0.3, -0.25) is 4.79 Å². The van der Waals surface area contributed by atoms with Gasteiger partial charge in [-0.1, -0.05) is 69.8 Å². The lowest BCUT2D eigenvalue weighted by atomic mass is 9.73. The van der Waals surface area contributed by atoms with E-state index in [2.05, 4.69) is 43.1 Å². The molecule has 0 bridgehead atoms. The molecule has 4 rings (SSSR count). The Morgan fingerprint density at radius 2 is 1.66 bits per heavy atom. The summed E-state index contributed by atoms with van der Waals surface area (Å²) in [4.78, 5) is 25.8. The van der Waals surface area contributed by atoms with Crippen LogP contribution < -0.4 is 10.9 Å². The van der Waals surface area contributed by atoms with Crippen LogP contribution in [0.25, 0.3) is 10.8 Å². The number of benzene rings is 3. The van der Waals surface area contributed by atoms with E-state index in [1.165, 1.54) is 18.2 Å². The maximum absolute atomic E-state index is 14.2. The van der Waals surface area contributed by atoms with E-state index >= 15 is 0 Å². The summed E-state index contributed by atoms with van der Waals surface area (Å²) in [7, 11) is 0. The summed E-state index contributed by atoms with van der Waals surface area (Å²) in [5, 5.41) is 19.3. The highest BCUT2D eigenvalue weighted by atomic mass is 19.1. The van der Waals surface area contributed by atoms with Crippen LogP contribution in [0.5, 0.6) is 0 Å². The smallest absolute Gasteiger partial charge is 0.366 e. The van der Waals surface area contributed by atoms with Crippen LogP contribution in [0.2, 0.25) is 0 Å². The lowest BCUT2D eigenvalue weighted by molar-refractivity contribution is -0.130. The Bertz CT molecular complexity index is 1740. The number of anilines is 1. The van der Waals surface area contributed by atoms with Crippen LogP contribution in [0.3, 0.4) is 0 Å². The van der Waals surface area contributed by atoms with Gasteiger partial charge in [0, 0.05) is 23.1 Å². The summed E-state index contributed by atoms with van der Waals surface area (Å²) in [6.07, 6.45) is -0.110. The zero-order valence-corrected chi connectivity index (χ0v) is 24.5. The second-order valence-electron chi connectivity index (χ2n) is 12.2. The molecule has 0 aliphatic rings. The number of hydrogen-bond donors (Lipinski definition) is 2. The number of carbonyl (C=O) groups excluding carboxylic acids is 1. The van der Waals surface area contributed by atoms with Gasteiger partial charge < -0.3 is 14.9 Å². The molecule has 0 aliphatic carbocycles. The number of halogens is 1. The van der Waals surface area contributed by atoms with E-state index in [0.717, 1.165) is 11.1 Å². The van der Waals surface area contributed by atoms with Gasteiger partial charge in [-0.15, -0.1) is 0 Å². The number of aryl methyl sites for hydroxylation is 2. The molecule has 0 fully saturated rings. The van der Waals surface area contributed by atoms with Crippen molar-refractivity contribution in [3.63, 3.8) is 0 Å². The molecule has 212 valence electrons. The second kappa shape index (κ2) is 10.9. The molecule has 6 nitrogen and oxygen atoms in total. The summed E-state index contributed by atoms with van der Waals surface area (Å²) in [5.41, 5.74) is 0.510. The molecule has 2 N–H and O–H groups in total. The van der Waals surface area contributed by atoms with E-state index in [4.69, 9.17) is 4.52 Å². The summed E-state index contributed by atoms with van der Waals surface area (Å²) in [6, 6.07) is 16.9. The van der Waals surface area contributed by atoms with Crippen molar-refractivity contribution >= 4 is 22.4 Å². The van der Waals surface area contributed by atoms with Crippen LogP contribution in [0.15, 0.2) is 70.0 Å². The topological polar surface area (TPSA) is 92.4 Å². The van der Waals surface area contributed by atoms with E-state index in [1.54, 1.807) is 25.1 Å². The maximum atomic E-state index is 14.2. The van der Waals surface area contributed by atoms with Crippen LogP contribution in [-0.4, -0.2) is 21.8 Å². The van der Waals surface area contributed by atoms with Crippen molar-refractivity contribution in [2.45, 2.75) is 71.3 Å². The molecule has 1 heterocycles. The van der Waals surface area contributed by atoms with Gasteiger partial charge in [0.05, 0.1) is 11.1 Å². The molecule has 0 spiro atoms. The first-order chi connectivity index (χ1) is 19.1. The highest BCUT2D eigenvalue weighted by Crippen LogP contribution is 2.35. The van der Waals surface area contributed by atoms with Crippen molar-refractivity contribution < 1.29 is 18.8 Å². The molecule has 4 aromatic rings. The molecule has 0 aliphatic heterocycles. The number of fused-ring (bicyclic) bond motifs is 1. The summed E-state index contributed by atoms with van der Waals surface area (Å²) < 4.78 is 19.0. The molecule has 1 unspecified atom stereocenters. The first-order valence-corrected chi connectivity index (χ1v) is 13.4. The van der Waals surface area contributed by atoms with Gasteiger partial charge in [-0.05, 0) is 83.8 Å². The molecule has 3 aromatic carbocycles. The minimum absolute atomic E-state index is 0.0336. The van der Waals surface area contributed by atoms with Crippen LogP contribution in [0.4, 0.5) is 10.1 Å². The van der Waals surface area contributed by atoms with Gasteiger partial charge in [0.1, 0.15) is 5.82 Å². The van der Waals surface area contributed by atoms with Gasteiger partial charge in [0.2, 0.25) is 5.60 Å². The fraction of sp³-hybridized carbons (Fsp3) is 0.324. The highest BCUT2D eigenvalue weighted by Gasteiger charge is 2.41. The van der Waals surface area contributed by atoms with Crippen molar-refractivity contribution in [3.05, 3.63) is 105 Å². The fourth-order valence-electron chi connectivity index (χ4n) is 5.01. The van der Waals surface area contributed by atoms with Gasteiger partial charge >= 0.3 is 5.63 Å². The largest absolute Gasteiger partial charge is 0.369 e. The first kappa shape index (κ1) is 29.7. The number of hydrogen-bond acceptors (Lipinski definition) is 5. The van der Waals surface area contributed by atoms with E-state index in [-0.39, 0.29) is 11.8 Å². The van der Waals surface area contributed by atoms with E-state index in [0.29, 0.717) is 33.3 Å². The number of nitrogens with one attached hydrogen (secondary N) is 1. The number of rotatable bonds is 5. The van der Waals surface area contributed by atoms with Crippen molar-refractivity contribution in [2.24, 2.45) is 0 Å². The monoisotopic (exact) mass is 554 g/mol. The van der Waals surface area contributed by atoms with Crippen LogP contribution in [0, 0.1) is 31.5 Å². The standard InChI is InChI=1S/C34H35FN2O4/c1-21-8-13-25(35)18-29(21)33(6,7)20-34(40,17-16-23-9-11-24(12-10-23)32(3,4)5)31(39)36-26-14-15-27-28(19-26)22(2)37-41-30(27)38/h8-15,18-19,40H,20H2,1-7H3,(H,36,39). The number of aliphatic hydroxyl groups is 1. The minimum atomic E-state index is -2.15. The Kier molecular flexibility index (Phi) is 7.93. The number of amides is 1. The number of nitrogens with zero attached hydrogens (tertiary/aromatic N) is 1. The van der Waals surface area contributed by atoms with Gasteiger partial charge in [0.15, 0.2) is 0 Å². The van der Waals surface area contributed by atoms with Crippen molar-refractivity contribution in [2.75, 3.05) is 5.32 Å². The normalized spacial score (nSPS) is 13.3. The Labute approximate surface area is 239 Å². The molecule has 41 heavy (non-hydrogen) atoms. The summed E-state index contributed by atoms with van der Waals surface area (Å²) >= 11 is 0. The van der Waals surface area contributed by atoms with E-state index < -0.39 is 28.4 Å².